The molecule has 3 heterocycles. The van der Waals surface area contributed by atoms with Gasteiger partial charge in [0.25, 0.3) is 0 Å². The summed E-state index contributed by atoms with van der Waals surface area (Å²) in [6.07, 6.45) is 7.26. The number of hydrogen-bond acceptors (Lipinski definition) is 6. The fraction of sp³-hybridized carbons (Fsp3) is 0.529. The largest absolute Gasteiger partial charge is 0.355 e. The molecule has 2 fully saturated rings. The highest BCUT2D eigenvalue weighted by Crippen LogP contribution is 2.29. The molecule has 1 atom stereocenters. The van der Waals surface area contributed by atoms with Crippen LogP contribution in [0.3, 0.4) is 0 Å². The average molecular weight is 343 g/mol. The highest BCUT2D eigenvalue weighted by molar-refractivity contribution is 7.18. The Bertz CT molecular complexity index is 698. The van der Waals surface area contributed by atoms with Crippen LogP contribution in [0.1, 0.15) is 32.1 Å². The summed E-state index contributed by atoms with van der Waals surface area (Å²) in [6, 6.07) is 6.03. The first-order valence-corrected chi connectivity index (χ1v) is 9.41. The van der Waals surface area contributed by atoms with E-state index in [0.717, 1.165) is 48.2 Å². The zero-order valence-electron chi connectivity index (χ0n) is 13.5. The summed E-state index contributed by atoms with van der Waals surface area (Å²) in [4.78, 5) is 18.8. The van der Waals surface area contributed by atoms with Crippen LogP contribution >= 0.6 is 11.3 Å². The topological polar surface area (TPSA) is 71.0 Å². The van der Waals surface area contributed by atoms with Crippen LogP contribution in [0.4, 0.5) is 5.13 Å². The monoisotopic (exact) mass is 343 g/mol. The number of anilines is 1. The van der Waals surface area contributed by atoms with Gasteiger partial charge in [-0.25, -0.2) is 0 Å². The lowest BCUT2D eigenvalue weighted by molar-refractivity contribution is -0.134. The van der Waals surface area contributed by atoms with Gasteiger partial charge < -0.3 is 10.2 Å². The lowest BCUT2D eigenvalue weighted by atomic mass is 10.1. The second kappa shape index (κ2) is 6.84. The van der Waals surface area contributed by atoms with Crippen molar-refractivity contribution in [3.05, 3.63) is 24.4 Å². The van der Waals surface area contributed by atoms with Crippen molar-refractivity contribution in [3.8, 4) is 10.7 Å². The standard InChI is InChI=1S/C17H21N5OS/c23-16(12-5-1-2-6-12)22-10-8-13(11-22)19-17-21-20-15(24-17)14-7-3-4-9-18-14/h3-4,7,9,12-13H,1-2,5-6,8,10-11H2,(H,19,21)/t13-/m0/s1. The number of pyridine rings is 1. The van der Waals surface area contributed by atoms with Crippen molar-refractivity contribution in [2.45, 2.75) is 38.1 Å². The van der Waals surface area contributed by atoms with Crippen LogP contribution in [0.15, 0.2) is 24.4 Å². The second-order valence-electron chi connectivity index (χ2n) is 6.52. The van der Waals surface area contributed by atoms with Gasteiger partial charge in [-0.3, -0.25) is 9.78 Å². The smallest absolute Gasteiger partial charge is 0.225 e. The molecule has 0 aromatic carbocycles. The minimum atomic E-state index is 0.264. The molecule has 4 rings (SSSR count). The van der Waals surface area contributed by atoms with Gasteiger partial charge >= 0.3 is 0 Å². The molecule has 1 amide bonds. The number of carbonyl (C=O) groups excluding carboxylic acids is 1. The minimum Gasteiger partial charge on any atom is -0.355 e. The summed E-state index contributed by atoms with van der Waals surface area (Å²) in [7, 11) is 0. The molecule has 2 aromatic rings. The zero-order valence-corrected chi connectivity index (χ0v) is 14.3. The van der Waals surface area contributed by atoms with Gasteiger partial charge in [0.1, 0.15) is 5.69 Å². The molecule has 0 radical (unpaired) electrons. The van der Waals surface area contributed by atoms with E-state index in [1.54, 1.807) is 6.20 Å². The number of aromatic nitrogens is 3. The van der Waals surface area contributed by atoms with E-state index in [-0.39, 0.29) is 12.0 Å². The van der Waals surface area contributed by atoms with Crippen molar-refractivity contribution >= 4 is 22.4 Å². The van der Waals surface area contributed by atoms with Crippen molar-refractivity contribution in [1.29, 1.82) is 0 Å². The Morgan fingerprint density at radius 2 is 2.08 bits per heavy atom. The first kappa shape index (κ1) is 15.5. The van der Waals surface area contributed by atoms with Gasteiger partial charge in [-0.1, -0.05) is 30.2 Å². The molecule has 2 aliphatic rings. The van der Waals surface area contributed by atoms with Crippen LogP contribution in [-0.4, -0.2) is 45.1 Å². The number of hydrogen-bond donors (Lipinski definition) is 1. The van der Waals surface area contributed by atoms with Crippen molar-refractivity contribution in [2.24, 2.45) is 5.92 Å². The van der Waals surface area contributed by atoms with Gasteiger partial charge in [-0.2, -0.15) is 0 Å². The predicted molar refractivity (Wildman–Crippen MR) is 93.7 cm³/mol. The molecule has 1 saturated heterocycles. The molecule has 6 nitrogen and oxygen atoms in total. The van der Waals surface area contributed by atoms with Crippen molar-refractivity contribution in [2.75, 3.05) is 18.4 Å². The van der Waals surface area contributed by atoms with Crippen LogP contribution in [0.5, 0.6) is 0 Å². The van der Waals surface area contributed by atoms with Crippen molar-refractivity contribution in [3.63, 3.8) is 0 Å². The van der Waals surface area contributed by atoms with Crippen LogP contribution < -0.4 is 5.32 Å². The number of amides is 1. The number of likely N-dealkylation sites (tertiary alicyclic amines) is 1. The maximum Gasteiger partial charge on any atom is 0.225 e. The number of rotatable bonds is 4. The minimum absolute atomic E-state index is 0.264. The molecule has 1 N–H and O–H groups in total. The third-order valence-electron chi connectivity index (χ3n) is 4.84. The fourth-order valence-corrected chi connectivity index (χ4v) is 4.36. The van der Waals surface area contributed by atoms with Gasteiger partial charge in [0.2, 0.25) is 11.0 Å². The molecular formula is C17H21N5OS. The Balaban J connectivity index is 1.35. The van der Waals surface area contributed by atoms with Gasteiger partial charge in [-0.05, 0) is 31.4 Å². The summed E-state index contributed by atoms with van der Waals surface area (Å²) < 4.78 is 0. The molecule has 0 unspecified atom stereocenters. The Hall–Kier alpha value is -2.02. The normalized spacial score (nSPS) is 21.3. The molecule has 126 valence electrons. The third kappa shape index (κ3) is 3.26. The zero-order chi connectivity index (χ0) is 16.4. The first-order chi connectivity index (χ1) is 11.8. The summed E-state index contributed by atoms with van der Waals surface area (Å²) in [6.45, 7) is 1.62. The highest BCUT2D eigenvalue weighted by atomic mass is 32.1. The van der Waals surface area contributed by atoms with E-state index in [2.05, 4.69) is 20.5 Å². The molecule has 1 saturated carbocycles. The fourth-order valence-electron chi connectivity index (χ4n) is 3.56. The lowest BCUT2D eigenvalue weighted by Gasteiger charge is -2.20. The van der Waals surface area contributed by atoms with E-state index in [9.17, 15) is 4.79 Å². The summed E-state index contributed by atoms with van der Waals surface area (Å²) in [5, 5.41) is 13.5. The van der Waals surface area contributed by atoms with Gasteiger partial charge in [-0.15, -0.1) is 10.2 Å². The number of carbonyl (C=O) groups is 1. The summed E-state index contributed by atoms with van der Waals surface area (Å²) >= 11 is 1.51. The quantitative estimate of drug-likeness (QED) is 0.924. The lowest BCUT2D eigenvalue weighted by Crippen LogP contribution is -2.35. The maximum atomic E-state index is 12.5. The van der Waals surface area contributed by atoms with Crippen LogP contribution in [0.25, 0.3) is 10.7 Å². The predicted octanol–water partition coefficient (Wildman–Crippen LogP) is 2.80. The van der Waals surface area contributed by atoms with Gasteiger partial charge in [0.15, 0.2) is 5.01 Å². The number of nitrogens with one attached hydrogen (secondary N) is 1. The molecule has 0 spiro atoms. The van der Waals surface area contributed by atoms with Crippen LogP contribution in [0, 0.1) is 5.92 Å². The maximum absolute atomic E-state index is 12.5. The van der Waals surface area contributed by atoms with Crippen molar-refractivity contribution < 1.29 is 4.79 Å². The van der Waals surface area contributed by atoms with Gasteiger partial charge in [0.05, 0.1) is 0 Å². The average Bonchev–Trinajstić information content (AvgIpc) is 3.37. The van der Waals surface area contributed by atoms with E-state index in [4.69, 9.17) is 0 Å². The summed E-state index contributed by atoms with van der Waals surface area (Å²) in [5.41, 5.74) is 0.840. The van der Waals surface area contributed by atoms with E-state index >= 15 is 0 Å². The molecular weight excluding hydrogens is 322 g/mol. The SMILES string of the molecule is O=C(C1CCCC1)N1CC[C@H](Nc2nnc(-c3ccccn3)s2)C1. The van der Waals surface area contributed by atoms with E-state index < -0.39 is 0 Å². The molecule has 1 aliphatic carbocycles. The van der Waals surface area contributed by atoms with E-state index in [1.807, 2.05) is 23.1 Å². The molecule has 24 heavy (non-hydrogen) atoms. The highest BCUT2D eigenvalue weighted by Gasteiger charge is 2.32. The Labute approximate surface area is 145 Å². The third-order valence-corrected chi connectivity index (χ3v) is 5.72. The molecule has 2 aromatic heterocycles. The van der Waals surface area contributed by atoms with Crippen LogP contribution in [-0.2, 0) is 4.79 Å². The molecule has 7 heteroatoms. The Morgan fingerprint density at radius 1 is 1.21 bits per heavy atom. The molecule has 1 aliphatic heterocycles. The van der Waals surface area contributed by atoms with Crippen molar-refractivity contribution in [1.82, 2.24) is 20.1 Å². The Morgan fingerprint density at radius 3 is 2.88 bits per heavy atom. The van der Waals surface area contributed by atoms with E-state index in [0.29, 0.717) is 5.91 Å². The summed E-state index contributed by atoms with van der Waals surface area (Å²) in [5.74, 6) is 0.615. The first-order valence-electron chi connectivity index (χ1n) is 8.60. The Kier molecular flexibility index (Phi) is 4.42. The molecule has 0 bridgehead atoms. The van der Waals surface area contributed by atoms with Crippen LogP contribution in [0.2, 0.25) is 0 Å². The van der Waals surface area contributed by atoms with Gasteiger partial charge in [0, 0.05) is 31.2 Å². The second-order valence-corrected chi connectivity index (χ2v) is 7.50. The number of nitrogens with zero attached hydrogens (tertiary/aromatic N) is 4. The van der Waals surface area contributed by atoms with E-state index in [1.165, 1.54) is 24.2 Å².